The molecule has 0 amide bonds. The zero-order valence-electron chi connectivity index (χ0n) is 9.69. The highest BCUT2D eigenvalue weighted by atomic mass is 16.5. The van der Waals surface area contributed by atoms with Crippen molar-refractivity contribution in [1.82, 2.24) is 0 Å². The van der Waals surface area contributed by atoms with Crippen LogP contribution in [0.1, 0.15) is 24.5 Å². The fourth-order valence-electron chi connectivity index (χ4n) is 2.61. The first kappa shape index (κ1) is 10.4. The van der Waals surface area contributed by atoms with Gasteiger partial charge in [0.05, 0.1) is 5.69 Å². The van der Waals surface area contributed by atoms with Crippen LogP contribution in [0.4, 0.5) is 5.69 Å². The van der Waals surface area contributed by atoms with Crippen LogP contribution < -0.4 is 10.1 Å². The quantitative estimate of drug-likeness (QED) is 0.776. The van der Waals surface area contributed by atoms with E-state index in [0.29, 0.717) is 6.42 Å². The van der Waals surface area contributed by atoms with Crippen molar-refractivity contribution in [3.63, 3.8) is 0 Å². The third kappa shape index (κ3) is 1.64. The maximum atomic E-state index is 11.0. The van der Waals surface area contributed by atoms with Crippen molar-refractivity contribution in [2.45, 2.75) is 38.3 Å². The molecule has 1 aromatic carbocycles. The molecule has 0 fully saturated rings. The van der Waals surface area contributed by atoms with E-state index in [-0.39, 0.29) is 6.10 Å². The first-order valence-electron chi connectivity index (χ1n) is 5.96. The van der Waals surface area contributed by atoms with Gasteiger partial charge in [-0.3, -0.25) is 0 Å². The molecular formula is C13H15NO3. The van der Waals surface area contributed by atoms with Crippen molar-refractivity contribution in [3.05, 3.63) is 23.3 Å². The molecule has 90 valence electrons. The van der Waals surface area contributed by atoms with Crippen LogP contribution in [0.3, 0.4) is 0 Å². The molecular weight excluding hydrogens is 218 g/mol. The second-order valence-corrected chi connectivity index (χ2v) is 4.79. The zero-order chi connectivity index (χ0) is 12.0. The number of hydrogen-bond donors (Lipinski definition) is 2. The molecule has 2 heterocycles. The number of carboxylic acid groups (broad SMARTS) is 1. The van der Waals surface area contributed by atoms with Gasteiger partial charge in [0.25, 0.3) is 0 Å². The van der Waals surface area contributed by atoms with Gasteiger partial charge < -0.3 is 15.2 Å². The lowest BCUT2D eigenvalue weighted by atomic mass is 9.95. The molecule has 17 heavy (non-hydrogen) atoms. The molecule has 1 aromatic rings. The van der Waals surface area contributed by atoms with Crippen LogP contribution in [0, 0.1) is 0 Å². The van der Waals surface area contributed by atoms with Gasteiger partial charge in [-0.25, -0.2) is 4.79 Å². The number of aliphatic carboxylic acids is 1. The minimum absolute atomic E-state index is 0.184. The van der Waals surface area contributed by atoms with E-state index in [1.165, 1.54) is 5.56 Å². The van der Waals surface area contributed by atoms with Crippen LogP contribution in [0.2, 0.25) is 0 Å². The summed E-state index contributed by atoms with van der Waals surface area (Å²) < 4.78 is 5.78. The second kappa shape index (κ2) is 3.65. The number of hydrogen-bond acceptors (Lipinski definition) is 3. The van der Waals surface area contributed by atoms with E-state index in [9.17, 15) is 4.79 Å². The Balaban J connectivity index is 2.01. The van der Waals surface area contributed by atoms with Crippen molar-refractivity contribution in [1.29, 1.82) is 0 Å². The van der Waals surface area contributed by atoms with Gasteiger partial charge >= 0.3 is 5.97 Å². The molecule has 0 spiro atoms. The predicted octanol–water partition coefficient (Wildman–Crippen LogP) is 1.82. The summed E-state index contributed by atoms with van der Waals surface area (Å²) in [6.07, 6.45) is 2.52. The maximum absolute atomic E-state index is 11.0. The summed E-state index contributed by atoms with van der Waals surface area (Å²) in [5, 5.41) is 12.2. The Kier molecular flexibility index (Phi) is 2.24. The van der Waals surface area contributed by atoms with E-state index in [4.69, 9.17) is 9.84 Å². The van der Waals surface area contributed by atoms with Crippen molar-refractivity contribution >= 4 is 11.7 Å². The van der Waals surface area contributed by atoms with Gasteiger partial charge in [0, 0.05) is 6.42 Å². The molecule has 0 bridgehead atoms. The number of rotatable bonds is 1. The zero-order valence-corrected chi connectivity index (χ0v) is 9.69. The monoisotopic (exact) mass is 233 g/mol. The Morgan fingerprint density at radius 3 is 3.00 bits per heavy atom. The fraction of sp³-hybridized carbons (Fsp3) is 0.462. The van der Waals surface area contributed by atoms with Gasteiger partial charge in [0.1, 0.15) is 17.9 Å². The van der Waals surface area contributed by atoms with Crippen LogP contribution in [-0.2, 0) is 17.6 Å². The molecule has 0 saturated carbocycles. The average molecular weight is 233 g/mol. The van der Waals surface area contributed by atoms with E-state index in [2.05, 4.69) is 17.4 Å². The predicted molar refractivity (Wildman–Crippen MR) is 63.6 cm³/mol. The number of carboxylic acids is 1. The lowest BCUT2D eigenvalue weighted by Gasteiger charge is -2.25. The standard InChI is InChI=1S/C13H15NO3/c1-7-6-9-3-2-8-4-5-10(13(15)16)14-11(8)12(9)17-7/h2-3,7,10,14H,4-6H2,1H3,(H,15,16). The minimum Gasteiger partial charge on any atom is -0.488 e. The van der Waals surface area contributed by atoms with Gasteiger partial charge in [0.2, 0.25) is 0 Å². The largest absolute Gasteiger partial charge is 0.488 e. The summed E-state index contributed by atoms with van der Waals surface area (Å²) >= 11 is 0. The van der Waals surface area contributed by atoms with Crippen LogP contribution in [0.25, 0.3) is 0 Å². The smallest absolute Gasteiger partial charge is 0.326 e. The first-order valence-corrected chi connectivity index (χ1v) is 5.96. The van der Waals surface area contributed by atoms with Crippen LogP contribution >= 0.6 is 0 Å². The van der Waals surface area contributed by atoms with E-state index in [1.807, 2.05) is 6.92 Å². The molecule has 2 atom stereocenters. The number of benzene rings is 1. The van der Waals surface area contributed by atoms with E-state index in [0.717, 1.165) is 29.8 Å². The Bertz CT molecular complexity index is 484. The molecule has 0 saturated heterocycles. The molecule has 2 aliphatic rings. The molecule has 4 heteroatoms. The van der Waals surface area contributed by atoms with Gasteiger partial charge in [-0.1, -0.05) is 12.1 Å². The van der Waals surface area contributed by atoms with E-state index >= 15 is 0 Å². The summed E-state index contributed by atoms with van der Waals surface area (Å²) in [6, 6.07) is 3.69. The summed E-state index contributed by atoms with van der Waals surface area (Å²) in [5.41, 5.74) is 3.23. The molecule has 2 N–H and O–H groups in total. The maximum Gasteiger partial charge on any atom is 0.326 e. The molecule has 0 aliphatic carbocycles. The van der Waals surface area contributed by atoms with Crippen LogP contribution in [0.15, 0.2) is 12.1 Å². The highest BCUT2D eigenvalue weighted by Crippen LogP contribution is 2.41. The molecule has 2 unspecified atom stereocenters. The number of anilines is 1. The van der Waals surface area contributed by atoms with Gasteiger partial charge in [-0.2, -0.15) is 0 Å². The van der Waals surface area contributed by atoms with E-state index < -0.39 is 12.0 Å². The Hall–Kier alpha value is -1.71. The van der Waals surface area contributed by atoms with Crippen molar-refractivity contribution in [2.75, 3.05) is 5.32 Å². The molecule has 4 nitrogen and oxygen atoms in total. The van der Waals surface area contributed by atoms with Gasteiger partial charge in [-0.15, -0.1) is 0 Å². The Morgan fingerprint density at radius 2 is 2.24 bits per heavy atom. The SMILES string of the molecule is CC1Cc2ccc3c(c2O1)NC(C(=O)O)CC3. The first-order chi connectivity index (χ1) is 8.15. The average Bonchev–Trinajstić information content (AvgIpc) is 2.69. The summed E-state index contributed by atoms with van der Waals surface area (Å²) in [7, 11) is 0. The van der Waals surface area contributed by atoms with Crippen molar-refractivity contribution in [3.8, 4) is 5.75 Å². The summed E-state index contributed by atoms with van der Waals surface area (Å²) in [5.74, 6) is 0.0697. The van der Waals surface area contributed by atoms with Gasteiger partial charge in [0.15, 0.2) is 0 Å². The van der Waals surface area contributed by atoms with Gasteiger partial charge in [-0.05, 0) is 30.9 Å². The number of carbonyl (C=O) groups is 1. The van der Waals surface area contributed by atoms with E-state index in [1.54, 1.807) is 0 Å². The van der Waals surface area contributed by atoms with Crippen LogP contribution in [0.5, 0.6) is 5.75 Å². The highest BCUT2D eigenvalue weighted by Gasteiger charge is 2.30. The lowest BCUT2D eigenvalue weighted by molar-refractivity contribution is -0.138. The number of nitrogens with one attached hydrogen (secondary N) is 1. The topological polar surface area (TPSA) is 58.6 Å². The molecule has 0 radical (unpaired) electrons. The number of ether oxygens (including phenoxy) is 1. The molecule has 0 aromatic heterocycles. The number of fused-ring (bicyclic) bond motifs is 3. The minimum atomic E-state index is -0.792. The lowest BCUT2D eigenvalue weighted by Crippen LogP contribution is -2.33. The second-order valence-electron chi connectivity index (χ2n) is 4.79. The Morgan fingerprint density at radius 1 is 1.47 bits per heavy atom. The highest BCUT2D eigenvalue weighted by molar-refractivity contribution is 5.81. The molecule has 3 rings (SSSR count). The fourth-order valence-corrected chi connectivity index (χ4v) is 2.61. The molecule has 2 aliphatic heterocycles. The van der Waals surface area contributed by atoms with Crippen LogP contribution in [-0.4, -0.2) is 23.2 Å². The summed E-state index contributed by atoms with van der Waals surface area (Å²) in [4.78, 5) is 11.0. The third-order valence-electron chi connectivity index (χ3n) is 3.47. The normalized spacial score (nSPS) is 25.5. The Labute approximate surface area is 99.6 Å². The third-order valence-corrected chi connectivity index (χ3v) is 3.47. The van der Waals surface area contributed by atoms with Crippen molar-refractivity contribution in [2.24, 2.45) is 0 Å². The van der Waals surface area contributed by atoms with Crippen molar-refractivity contribution < 1.29 is 14.6 Å². The summed E-state index contributed by atoms with van der Waals surface area (Å²) in [6.45, 7) is 2.03. The number of aryl methyl sites for hydroxylation is 1.